The highest BCUT2D eigenvalue weighted by Gasteiger charge is 2.21. The highest BCUT2D eigenvalue weighted by molar-refractivity contribution is 5.72. The summed E-state index contributed by atoms with van der Waals surface area (Å²) in [7, 11) is 0. The van der Waals surface area contributed by atoms with Crippen molar-refractivity contribution in [2.24, 2.45) is 0 Å². The molecule has 0 aromatic carbocycles. The second-order valence-electron chi connectivity index (χ2n) is 2.40. The maximum atomic E-state index is 13.2. The van der Waals surface area contributed by atoms with Crippen LogP contribution in [-0.4, -0.2) is 22.1 Å². The van der Waals surface area contributed by atoms with Crippen molar-refractivity contribution >= 4 is 5.97 Å². The molecule has 76 valence electrons. The third-order valence-corrected chi connectivity index (χ3v) is 1.46. The number of nitrogens with zero attached hydrogens (tertiary/aromatic N) is 2. The summed E-state index contributed by atoms with van der Waals surface area (Å²) in [6.07, 6.45) is 0.226. The van der Waals surface area contributed by atoms with Crippen molar-refractivity contribution in [1.29, 1.82) is 0 Å². The Morgan fingerprint density at radius 3 is 3.07 bits per heavy atom. The van der Waals surface area contributed by atoms with Crippen molar-refractivity contribution in [2.45, 2.75) is 13.2 Å². The summed E-state index contributed by atoms with van der Waals surface area (Å²) in [5.74, 6) is -1.09. The first-order valence-corrected chi connectivity index (χ1v) is 4.00. The molecule has 0 bridgehead atoms. The summed E-state index contributed by atoms with van der Waals surface area (Å²) in [4.78, 5) is 25.2. The minimum Gasteiger partial charge on any atom is -0.462 e. The van der Waals surface area contributed by atoms with E-state index in [1.54, 1.807) is 6.92 Å². The van der Waals surface area contributed by atoms with Crippen LogP contribution < -0.4 is 5.69 Å². The fourth-order valence-electron chi connectivity index (χ4n) is 0.866. The first-order chi connectivity index (χ1) is 6.66. The molecular formula is C8H9FN2O3. The van der Waals surface area contributed by atoms with Crippen molar-refractivity contribution in [3.05, 3.63) is 28.9 Å². The molecule has 0 radical (unpaired) electrons. The van der Waals surface area contributed by atoms with Gasteiger partial charge in [0.2, 0.25) is 0 Å². The number of carbonyl (C=O) groups is 1. The van der Waals surface area contributed by atoms with Crippen LogP contribution in [-0.2, 0) is 9.53 Å². The molecule has 1 rings (SSSR count). The van der Waals surface area contributed by atoms with Crippen molar-refractivity contribution in [2.75, 3.05) is 6.61 Å². The molecule has 0 spiro atoms. The zero-order valence-electron chi connectivity index (χ0n) is 7.51. The first kappa shape index (κ1) is 10.4. The zero-order valence-corrected chi connectivity index (χ0v) is 7.51. The standard InChI is InChI=1S/C8H9FN2O3/c1-2-14-7(12)6(9)11-5-3-4-10-8(11)13/h3-6H,2H2,1H3. The molecule has 0 amide bonds. The van der Waals surface area contributed by atoms with E-state index in [-0.39, 0.29) is 6.61 Å². The number of hydrogen-bond donors (Lipinski definition) is 0. The lowest BCUT2D eigenvalue weighted by Crippen LogP contribution is -2.29. The van der Waals surface area contributed by atoms with Gasteiger partial charge in [-0.05, 0) is 13.0 Å². The van der Waals surface area contributed by atoms with E-state index in [0.29, 0.717) is 4.57 Å². The zero-order chi connectivity index (χ0) is 10.6. The van der Waals surface area contributed by atoms with E-state index in [1.165, 1.54) is 12.3 Å². The van der Waals surface area contributed by atoms with Crippen LogP contribution in [0.25, 0.3) is 0 Å². The molecule has 1 heterocycles. The Bertz CT molecular complexity index is 377. The van der Waals surface area contributed by atoms with Gasteiger partial charge < -0.3 is 4.74 Å². The Hall–Kier alpha value is -1.72. The lowest BCUT2D eigenvalue weighted by atomic mass is 10.5. The summed E-state index contributed by atoms with van der Waals surface area (Å²) in [6.45, 7) is 1.62. The average molecular weight is 200 g/mol. The Morgan fingerprint density at radius 1 is 1.79 bits per heavy atom. The second-order valence-corrected chi connectivity index (χ2v) is 2.40. The molecule has 0 aliphatic carbocycles. The summed E-state index contributed by atoms with van der Waals surface area (Å²) < 4.78 is 18.2. The van der Waals surface area contributed by atoms with Gasteiger partial charge in [0.15, 0.2) is 0 Å². The smallest absolute Gasteiger partial charge is 0.362 e. The minimum atomic E-state index is -2.13. The first-order valence-electron chi connectivity index (χ1n) is 4.00. The lowest BCUT2D eigenvalue weighted by molar-refractivity contribution is -0.153. The van der Waals surface area contributed by atoms with Crippen LogP contribution in [0.5, 0.6) is 0 Å². The predicted molar refractivity (Wildman–Crippen MR) is 45.3 cm³/mol. The fourth-order valence-corrected chi connectivity index (χ4v) is 0.866. The molecule has 1 atom stereocenters. The largest absolute Gasteiger partial charge is 0.462 e. The van der Waals surface area contributed by atoms with E-state index in [1.807, 2.05) is 0 Å². The van der Waals surface area contributed by atoms with E-state index in [4.69, 9.17) is 0 Å². The van der Waals surface area contributed by atoms with Crippen LogP contribution in [0.4, 0.5) is 4.39 Å². The van der Waals surface area contributed by atoms with Crippen LogP contribution in [0, 0.1) is 0 Å². The van der Waals surface area contributed by atoms with Gasteiger partial charge in [-0.1, -0.05) is 0 Å². The number of rotatable bonds is 3. The van der Waals surface area contributed by atoms with Gasteiger partial charge in [-0.2, -0.15) is 0 Å². The number of hydrogen-bond acceptors (Lipinski definition) is 4. The number of ether oxygens (including phenoxy) is 1. The molecular weight excluding hydrogens is 191 g/mol. The van der Waals surface area contributed by atoms with Gasteiger partial charge in [-0.15, -0.1) is 0 Å². The SMILES string of the molecule is CCOC(=O)C(F)n1cccnc1=O. The van der Waals surface area contributed by atoms with Crippen molar-refractivity contribution in [3.63, 3.8) is 0 Å². The number of aromatic nitrogens is 2. The molecule has 0 aliphatic heterocycles. The Kier molecular flexibility index (Phi) is 3.33. The van der Waals surface area contributed by atoms with Gasteiger partial charge in [0, 0.05) is 12.4 Å². The maximum absolute atomic E-state index is 13.2. The molecule has 5 nitrogen and oxygen atoms in total. The Morgan fingerprint density at radius 2 is 2.50 bits per heavy atom. The van der Waals surface area contributed by atoms with Gasteiger partial charge in [0.1, 0.15) is 0 Å². The summed E-state index contributed by atoms with van der Waals surface area (Å²) in [6, 6.07) is 1.35. The molecule has 0 aliphatic rings. The van der Waals surface area contributed by atoms with Gasteiger partial charge in [-0.25, -0.2) is 19.0 Å². The van der Waals surface area contributed by atoms with Crippen molar-refractivity contribution in [1.82, 2.24) is 9.55 Å². The van der Waals surface area contributed by atoms with E-state index >= 15 is 0 Å². The summed E-state index contributed by atoms with van der Waals surface area (Å²) in [5.41, 5.74) is -0.826. The highest BCUT2D eigenvalue weighted by Crippen LogP contribution is 2.06. The normalized spacial score (nSPS) is 12.1. The average Bonchev–Trinajstić information content (AvgIpc) is 2.18. The van der Waals surface area contributed by atoms with E-state index < -0.39 is 18.0 Å². The summed E-state index contributed by atoms with van der Waals surface area (Å²) in [5, 5.41) is 0. The molecule has 14 heavy (non-hydrogen) atoms. The predicted octanol–water partition coefficient (Wildman–Crippen LogP) is 0.274. The Balaban J connectivity index is 2.89. The molecule has 1 aromatic heterocycles. The van der Waals surface area contributed by atoms with Crippen LogP contribution in [0.2, 0.25) is 0 Å². The van der Waals surface area contributed by atoms with E-state index in [0.717, 1.165) is 6.20 Å². The van der Waals surface area contributed by atoms with Crippen LogP contribution in [0.1, 0.15) is 13.2 Å². The van der Waals surface area contributed by atoms with Gasteiger partial charge in [0.05, 0.1) is 6.61 Å². The highest BCUT2D eigenvalue weighted by atomic mass is 19.1. The molecule has 0 N–H and O–H groups in total. The van der Waals surface area contributed by atoms with Crippen molar-refractivity contribution in [3.8, 4) is 0 Å². The topological polar surface area (TPSA) is 61.2 Å². The lowest BCUT2D eigenvalue weighted by Gasteiger charge is -2.08. The molecule has 0 saturated heterocycles. The molecule has 6 heteroatoms. The fraction of sp³-hybridized carbons (Fsp3) is 0.375. The number of alkyl halides is 1. The third-order valence-electron chi connectivity index (χ3n) is 1.46. The number of carbonyl (C=O) groups excluding carboxylic acids is 1. The quantitative estimate of drug-likeness (QED) is 0.657. The maximum Gasteiger partial charge on any atom is 0.362 e. The summed E-state index contributed by atoms with van der Waals surface area (Å²) >= 11 is 0. The Labute approximate surface area is 79.1 Å². The van der Waals surface area contributed by atoms with Gasteiger partial charge in [-0.3, -0.25) is 4.57 Å². The molecule has 1 aromatic rings. The van der Waals surface area contributed by atoms with Gasteiger partial charge in [0.25, 0.3) is 6.30 Å². The van der Waals surface area contributed by atoms with Crippen LogP contribution >= 0.6 is 0 Å². The monoisotopic (exact) mass is 200 g/mol. The molecule has 0 saturated carbocycles. The van der Waals surface area contributed by atoms with E-state index in [9.17, 15) is 14.0 Å². The number of esters is 1. The number of halogens is 1. The van der Waals surface area contributed by atoms with Crippen molar-refractivity contribution < 1.29 is 13.9 Å². The molecule has 1 unspecified atom stereocenters. The second kappa shape index (κ2) is 4.50. The van der Waals surface area contributed by atoms with Crippen LogP contribution in [0.3, 0.4) is 0 Å². The molecule has 0 fully saturated rings. The van der Waals surface area contributed by atoms with Gasteiger partial charge >= 0.3 is 11.7 Å². The van der Waals surface area contributed by atoms with Crippen LogP contribution in [0.15, 0.2) is 23.3 Å². The van der Waals surface area contributed by atoms with E-state index in [2.05, 4.69) is 9.72 Å². The minimum absolute atomic E-state index is 0.0638. The third kappa shape index (κ3) is 2.15.